The van der Waals surface area contributed by atoms with E-state index in [1.165, 1.54) is 0 Å². The number of nitrogen functional groups attached to an aromatic ring is 1. The molecule has 6 heteroatoms. The highest BCUT2D eigenvalue weighted by Crippen LogP contribution is 2.32. The Morgan fingerprint density at radius 1 is 1.58 bits per heavy atom. The van der Waals surface area contributed by atoms with Crippen molar-refractivity contribution >= 4 is 28.9 Å². The lowest BCUT2D eigenvalue weighted by Crippen LogP contribution is -2.30. The van der Waals surface area contributed by atoms with Gasteiger partial charge in [0.2, 0.25) is 0 Å². The van der Waals surface area contributed by atoms with E-state index in [0.29, 0.717) is 28.5 Å². The van der Waals surface area contributed by atoms with E-state index in [1.807, 2.05) is 11.9 Å². The molecule has 2 rings (SSSR count). The van der Waals surface area contributed by atoms with Gasteiger partial charge in [-0.15, -0.1) is 0 Å². The average Bonchev–Trinajstić information content (AvgIpc) is 2.80. The molecule has 0 saturated carbocycles. The molecule has 0 radical (unpaired) electrons. The monoisotopic (exact) mass is 283 g/mol. The summed E-state index contributed by atoms with van der Waals surface area (Å²) in [5, 5.41) is 0.425. The molecule has 1 aliphatic heterocycles. The van der Waals surface area contributed by atoms with Crippen molar-refractivity contribution in [2.24, 2.45) is 5.73 Å². The Kier molecular flexibility index (Phi) is 4.17. The number of ether oxygens (including phenoxy) is 1. The SMILES string of the molecule is CN(CC1CCCO1)c1c(Cl)cc(N)cc1C(N)=O. The summed E-state index contributed by atoms with van der Waals surface area (Å²) in [5.41, 5.74) is 12.5. The minimum absolute atomic E-state index is 0.166. The summed E-state index contributed by atoms with van der Waals surface area (Å²) >= 11 is 6.19. The Morgan fingerprint density at radius 2 is 2.32 bits per heavy atom. The molecular formula is C13H18ClN3O2. The number of benzene rings is 1. The second kappa shape index (κ2) is 5.67. The van der Waals surface area contributed by atoms with Gasteiger partial charge in [0.05, 0.1) is 22.4 Å². The molecule has 1 heterocycles. The Labute approximate surface area is 117 Å². The van der Waals surface area contributed by atoms with Gasteiger partial charge in [-0.05, 0) is 25.0 Å². The normalized spacial score (nSPS) is 18.5. The minimum Gasteiger partial charge on any atom is -0.399 e. The highest BCUT2D eigenvalue weighted by molar-refractivity contribution is 6.34. The molecule has 1 unspecified atom stereocenters. The van der Waals surface area contributed by atoms with E-state index in [4.69, 9.17) is 27.8 Å². The number of carbonyl (C=O) groups is 1. The number of rotatable bonds is 4. The number of amides is 1. The van der Waals surface area contributed by atoms with Crippen LogP contribution in [-0.2, 0) is 4.74 Å². The number of carbonyl (C=O) groups excluding carboxylic acids is 1. The number of likely N-dealkylation sites (N-methyl/N-ethyl adjacent to an activating group) is 1. The van der Waals surface area contributed by atoms with E-state index in [-0.39, 0.29) is 6.10 Å². The first-order chi connectivity index (χ1) is 8.99. The zero-order valence-corrected chi connectivity index (χ0v) is 11.6. The quantitative estimate of drug-likeness (QED) is 0.823. The van der Waals surface area contributed by atoms with Gasteiger partial charge in [0.15, 0.2) is 0 Å². The predicted molar refractivity (Wildman–Crippen MR) is 76.6 cm³/mol. The third-order valence-corrected chi connectivity index (χ3v) is 3.52. The van der Waals surface area contributed by atoms with Gasteiger partial charge in [0, 0.05) is 25.9 Å². The average molecular weight is 284 g/mol. The lowest BCUT2D eigenvalue weighted by molar-refractivity contribution is 0.0999. The number of primary amides is 1. The van der Waals surface area contributed by atoms with Crippen LogP contribution >= 0.6 is 11.6 Å². The standard InChI is InChI=1S/C13H18ClN3O2/c1-17(7-9-3-2-4-19-9)12-10(13(16)18)5-8(15)6-11(12)14/h5-6,9H,2-4,7,15H2,1H3,(H2,16,18). The molecular weight excluding hydrogens is 266 g/mol. The summed E-state index contributed by atoms with van der Waals surface area (Å²) < 4.78 is 5.58. The molecule has 19 heavy (non-hydrogen) atoms. The van der Waals surface area contributed by atoms with E-state index in [0.717, 1.165) is 19.4 Å². The predicted octanol–water partition coefficient (Wildman–Crippen LogP) is 1.64. The van der Waals surface area contributed by atoms with Gasteiger partial charge in [0.1, 0.15) is 0 Å². The molecule has 0 aliphatic carbocycles. The van der Waals surface area contributed by atoms with E-state index < -0.39 is 5.91 Å². The Morgan fingerprint density at radius 3 is 2.89 bits per heavy atom. The van der Waals surface area contributed by atoms with Crippen molar-refractivity contribution in [2.45, 2.75) is 18.9 Å². The van der Waals surface area contributed by atoms with Crippen LogP contribution in [0, 0.1) is 0 Å². The van der Waals surface area contributed by atoms with Crippen LogP contribution in [0.4, 0.5) is 11.4 Å². The van der Waals surface area contributed by atoms with Crippen LogP contribution in [0.25, 0.3) is 0 Å². The lowest BCUT2D eigenvalue weighted by atomic mass is 10.1. The van der Waals surface area contributed by atoms with Gasteiger partial charge in [-0.1, -0.05) is 11.6 Å². The topological polar surface area (TPSA) is 81.6 Å². The first-order valence-corrected chi connectivity index (χ1v) is 6.58. The van der Waals surface area contributed by atoms with Gasteiger partial charge in [-0.2, -0.15) is 0 Å². The second-order valence-corrected chi connectivity index (χ2v) is 5.19. The van der Waals surface area contributed by atoms with E-state index in [2.05, 4.69) is 0 Å². The van der Waals surface area contributed by atoms with E-state index >= 15 is 0 Å². The molecule has 5 nitrogen and oxygen atoms in total. The van der Waals surface area contributed by atoms with Crippen molar-refractivity contribution in [3.63, 3.8) is 0 Å². The summed E-state index contributed by atoms with van der Waals surface area (Å²) in [4.78, 5) is 13.4. The van der Waals surface area contributed by atoms with Crippen LogP contribution in [0.15, 0.2) is 12.1 Å². The van der Waals surface area contributed by atoms with Crippen LogP contribution in [0.1, 0.15) is 23.2 Å². The van der Waals surface area contributed by atoms with Crippen molar-refractivity contribution in [3.05, 3.63) is 22.7 Å². The Hall–Kier alpha value is -1.46. The number of hydrogen-bond donors (Lipinski definition) is 2. The summed E-state index contributed by atoms with van der Waals surface area (Å²) in [6.07, 6.45) is 2.25. The number of halogens is 1. The molecule has 0 spiro atoms. The molecule has 4 N–H and O–H groups in total. The number of nitrogens with zero attached hydrogens (tertiary/aromatic N) is 1. The van der Waals surface area contributed by atoms with E-state index in [9.17, 15) is 4.79 Å². The molecule has 1 aromatic carbocycles. The fourth-order valence-electron chi connectivity index (χ4n) is 2.38. The molecule has 0 aromatic heterocycles. The van der Waals surface area contributed by atoms with Gasteiger partial charge in [-0.25, -0.2) is 0 Å². The summed E-state index contributed by atoms with van der Waals surface area (Å²) in [7, 11) is 1.87. The zero-order valence-electron chi connectivity index (χ0n) is 10.9. The minimum atomic E-state index is -0.539. The summed E-state index contributed by atoms with van der Waals surface area (Å²) in [6, 6.07) is 3.17. The largest absolute Gasteiger partial charge is 0.399 e. The zero-order chi connectivity index (χ0) is 14.0. The maximum atomic E-state index is 11.5. The molecule has 1 fully saturated rings. The molecule has 1 atom stereocenters. The molecule has 0 bridgehead atoms. The fraction of sp³-hybridized carbons (Fsp3) is 0.462. The summed E-state index contributed by atoms with van der Waals surface area (Å²) in [5.74, 6) is -0.539. The third kappa shape index (κ3) is 3.11. The van der Waals surface area contributed by atoms with E-state index in [1.54, 1.807) is 12.1 Å². The third-order valence-electron chi connectivity index (χ3n) is 3.23. The van der Waals surface area contributed by atoms with Crippen molar-refractivity contribution in [1.29, 1.82) is 0 Å². The van der Waals surface area contributed by atoms with Crippen molar-refractivity contribution < 1.29 is 9.53 Å². The highest BCUT2D eigenvalue weighted by atomic mass is 35.5. The Balaban J connectivity index is 2.28. The van der Waals surface area contributed by atoms with Gasteiger partial charge < -0.3 is 21.1 Å². The maximum Gasteiger partial charge on any atom is 0.250 e. The summed E-state index contributed by atoms with van der Waals surface area (Å²) in [6.45, 7) is 1.46. The highest BCUT2D eigenvalue weighted by Gasteiger charge is 2.22. The number of hydrogen-bond acceptors (Lipinski definition) is 4. The van der Waals surface area contributed by atoms with Crippen LogP contribution in [0.5, 0.6) is 0 Å². The van der Waals surface area contributed by atoms with Gasteiger partial charge in [0.25, 0.3) is 5.91 Å². The number of nitrogens with two attached hydrogens (primary N) is 2. The maximum absolute atomic E-state index is 11.5. The molecule has 1 aliphatic rings. The van der Waals surface area contributed by atoms with Crippen molar-refractivity contribution in [2.75, 3.05) is 30.8 Å². The van der Waals surface area contributed by atoms with Crippen LogP contribution in [0.2, 0.25) is 5.02 Å². The Bertz CT molecular complexity index is 487. The fourth-order valence-corrected chi connectivity index (χ4v) is 2.75. The van der Waals surface area contributed by atoms with Gasteiger partial charge >= 0.3 is 0 Å². The van der Waals surface area contributed by atoms with Gasteiger partial charge in [-0.3, -0.25) is 4.79 Å². The van der Waals surface area contributed by atoms with Crippen molar-refractivity contribution in [1.82, 2.24) is 0 Å². The first-order valence-electron chi connectivity index (χ1n) is 6.20. The van der Waals surface area contributed by atoms with Crippen LogP contribution < -0.4 is 16.4 Å². The van der Waals surface area contributed by atoms with Crippen LogP contribution in [-0.4, -0.2) is 32.2 Å². The second-order valence-electron chi connectivity index (χ2n) is 4.78. The molecule has 1 saturated heterocycles. The first kappa shape index (κ1) is 14.0. The smallest absolute Gasteiger partial charge is 0.250 e. The molecule has 104 valence electrons. The van der Waals surface area contributed by atoms with Crippen LogP contribution in [0.3, 0.4) is 0 Å². The lowest BCUT2D eigenvalue weighted by Gasteiger charge is -2.25. The molecule has 1 aromatic rings. The molecule has 1 amide bonds. The number of anilines is 2. The van der Waals surface area contributed by atoms with Crippen molar-refractivity contribution in [3.8, 4) is 0 Å².